The molecule has 2 saturated heterocycles. The minimum Gasteiger partial charge on any atom is -0.371 e. The van der Waals surface area contributed by atoms with Gasteiger partial charge in [0.1, 0.15) is 0 Å². The number of anilines is 1. The van der Waals surface area contributed by atoms with Crippen molar-refractivity contribution >= 4 is 36.4 Å². The van der Waals surface area contributed by atoms with Crippen molar-refractivity contribution in [2.24, 2.45) is 5.92 Å². The highest BCUT2D eigenvalue weighted by atomic mass is 35.5. The van der Waals surface area contributed by atoms with Gasteiger partial charge >= 0.3 is 0 Å². The van der Waals surface area contributed by atoms with Crippen LogP contribution in [0, 0.1) is 5.92 Å². The van der Waals surface area contributed by atoms with Gasteiger partial charge in [-0.15, -0.1) is 24.8 Å². The summed E-state index contributed by atoms with van der Waals surface area (Å²) < 4.78 is 0. The summed E-state index contributed by atoms with van der Waals surface area (Å²) in [4.78, 5) is 17.0. The van der Waals surface area contributed by atoms with Crippen LogP contribution in [0.4, 0.5) is 5.69 Å². The molecule has 6 heteroatoms. The average Bonchev–Trinajstić information content (AvgIpc) is 2.62. The number of para-hydroxylation sites is 1. The molecule has 1 aromatic carbocycles. The van der Waals surface area contributed by atoms with E-state index < -0.39 is 0 Å². The third-order valence-corrected chi connectivity index (χ3v) is 5.13. The molecule has 0 saturated carbocycles. The second-order valence-electron chi connectivity index (χ2n) is 6.55. The lowest BCUT2D eigenvalue weighted by molar-refractivity contribution is -0.137. The molecular formula is C18H29Cl2N3O. The van der Waals surface area contributed by atoms with Crippen molar-refractivity contribution in [1.82, 2.24) is 10.2 Å². The van der Waals surface area contributed by atoms with Crippen molar-refractivity contribution in [2.45, 2.75) is 31.7 Å². The van der Waals surface area contributed by atoms with Crippen LogP contribution in [0.2, 0.25) is 0 Å². The van der Waals surface area contributed by atoms with Gasteiger partial charge in [-0.1, -0.05) is 18.2 Å². The summed E-state index contributed by atoms with van der Waals surface area (Å²) in [6.45, 7) is 3.73. The maximum atomic E-state index is 12.6. The number of nitrogens with one attached hydrogen (secondary N) is 1. The second-order valence-corrected chi connectivity index (χ2v) is 6.55. The Morgan fingerprint density at radius 1 is 1.12 bits per heavy atom. The number of likely N-dealkylation sites (tertiary alicyclic amines) is 1. The van der Waals surface area contributed by atoms with Crippen molar-refractivity contribution in [2.75, 3.05) is 38.1 Å². The van der Waals surface area contributed by atoms with E-state index in [2.05, 4.69) is 52.5 Å². The van der Waals surface area contributed by atoms with Crippen LogP contribution >= 0.6 is 24.8 Å². The topological polar surface area (TPSA) is 35.6 Å². The maximum Gasteiger partial charge on any atom is 0.226 e. The molecule has 0 aliphatic carbocycles. The molecule has 0 aromatic heterocycles. The monoisotopic (exact) mass is 373 g/mol. The normalized spacial score (nSPS) is 21.4. The van der Waals surface area contributed by atoms with Crippen LogP contribution in [0.5, 0.6) is 0 Å². The molecule has 0 spiro atoms. The van der Waals surface area contributed by atoms with Crippen molar-refractivity contribution in [3.05, 3.63) is 30.3 Å². The van der Waals surface area contributed by atoms with Gasteiger partial charge in [-0.3, -0.25) is 4.79 Å². The largest absolute Gasteiger partial charge is 0.371 e. The van der Waals surface area contributed by atoms with Gasteiger partial charge < -0.3 is 15.1 Å². The van der Waals surface area contributed by atoms with Crippen LogP contribution in [0.1, 0.15) is 25.7 Å². The van der Waals surface area contributed by atoms with E-state index in [4.69, 9.17) is 0 Å². The van der Waals surface area contributed by atoms with Gasteiger partial charge in [0.2, 0.25) is 5.91 Å². The van der Waals surface area contributed by atoms with Gasteiger partial charge in [0.25, 0.3) is 0 Å². The van der Waals surface area contributed by atoms with Crippen LogP contribution in [-0.2, 0) is 4.79 Å². The number of carbonyl (C=O) groups excluding carboxylic acids is 1. The van der Waals surface area contributed by atoms with E-state index in [-0.39, 0.29) is 30.7 Å². The third-order valence-electron chi connectivity index (χ3n) is 5.13. The van der Waals surface area contributed by atoms with Crippen LogP contribution in [0.25, 0.3) is 0 Å². The van der Waals surface area contributed by atoms with Crippen LogP contribution in [-0.4, -0.2) is 50.1 Å². The Hall–Kier alpha value is -0.970. The first-order chi connectivity index (χ1) is 10.8. The number of rotatable bonds is 3. The Labute approximate surface area is 157 Å². The number of piperidine rings is 2. The fourth-order valence-corrected chi connectivity index (χ4v) is 3.67. The van der Waals surface area contributed by atoms with Crippen molar-refractivity contribution in [3.63, 3.8) is 0 Å². The van der Waals surface area contributed by atoms with Gasteiger partial charge in [0.15, 0.2) is 0 Å². The molecule has 0 bridgehead atoms. The van der Waals surface area contributed by atoms with Gasteiger partial charge in [0.05, 0.1) is 5.92 Å². The minimum atomic E-state index is 0. The summed E-state index contributed by atoms with van der Waals surface area (Å²) >= 11 is 0. The van der Waals surface area contributed by atoms with Crippen molar-refractivity contribution < 1.29 is 4.79 Å². The third kappa shape index (κ3) is 5.01. The molecule has 1 atom stereocenters. The highest BCUT2D eigenvalue weighted by Gasteiger charge is 2.30. The van der Waals surface area contributed by atoms with Crippen LogP contribution in [0.15, 0.2) is 30.3 Å². The summed E-state index contributed by atoms with van der Waals surface area (Å²) in [7, 11) is 2.17. The average molecular weight is 374 g/mol. The number of hydrogen-bond acceptors (Lipinski definition) is 3. The van der Waals surface area contributed by atoms with E-state index in [9.17, 15) is 4.79 Å². The fourth-order valence-electron chi connectivity index (χ4n) is 3.67. The molecule has 1 N–H and O–H groups in total. The molecule has 2 fully saturated rings. The van der Waals surface area contributed by atoms with Gasteiger partial charge in [-0.05, 0) is 44.4 Å². The molecule has 24 heavy (non-hydrogen) atoms. The lowest BCUT2D eigenvalue weighted by atomic mass is 9.95. The first-order valence-electron chi connectivity index (χ1n) is 8.53. The Kier molecular flexibility index (Phi) is 8.88. The Morgan fingerprint density at radius 2 is 1.79 bits per heavy atom. The van der Waals surface area contributed by atoms with Crippen LogP contribution in [0.3, 0.4) is 0 Å². The molecular weight excluding hydrogens is 345 g/mol. The lowest BCUT2D eigenvalue weighted by Gasteiger charge is -2.39. The molecule has 4 nitrogen and oxygen atoms in total. The zero-order valence-corrected chi connectivity index (χ0v) is 16.0. The van der Waals surface area contributed by atoms with Crippen molar-refractivity contribution in [1.29, 1.82) is 0 Å². The highest BCUT2D eigenvalue weighted by Crippen LogP contribution is 2.23. The lowest BCUT2D eigenvalue weighted by Crippen LogP contribution is -2.49. The first kappa shape index (κ1) is 21.1. The number of nitrogens with zero attached hydrogens (tertiary/aromatic N) is 2. The Bertz CT molecular complexity index is 486. The molecule has 3 rings (SSSR count). The second kappa shape index (κ2) is 10.1. The fraction of sp³-hybridized carbons (Fsp3) is 0.611. The van der Waals surface area contributed by atoms with E-state index >= 15 is 0 Å². The molecule has 136 valence electrons. The molecule has 2 aliphatic rings. The Morgan fingerprint density at radius 3 is 2.38 bits per heavy atom. The van der Waals surface area contributed by atoms with E-state index in [0.29, 0.717) is 11.9 Å². The molecule has 1 aromatic rings. The number of amides is 1. The smallest absolute Gasteiger partial charge is 0.226 e. The first-order valence-corrected chi connectivity index (χ1v) is 8.53. The summed E-state index contributed by atoms with van der Waals surface area (Å²) in [5.74, 6) is 0.574. The van der Waals surface area contributed by atoms with E-state index in [1.54, 1.807) is 0 Å². The zero-order chi connectivity index (χ0) is 15.4. The van der Waals surface area contributed by atoms with Gasteiger partial charge in [-0.2, -0.15) is 0 Å². The van der Waals surface area contributed by atoms with Gasteiger partial charge in [-0.25, -0.2) is 0 Å². The van der Waals surface area contributed by atoms with E-state index in [1.165, 1.54) is 5.69 Å². The number of benzene rings is 1. The molecule has 2 heterocycles. The zero-order valence-electron chi connectivity index (χ0n) is 14.3. The van der Waals surface area contributed by atoms with Crippen molar-refractivity contribution in [3.8, 4) is 0 Å². The summed E-state index contributed by atoms with van der Waals surface area (Å²) in [5, 5.41) is 3.35. The number of carbonyl (C=O) groups is 1. The summed E-state index contributed by atoms with van der Waals surface area (Å²) in [6, 6.07) is 11.1. The summed E-state index contributed by atoms with van der Waals surface area (Å²) in [5.41, 5.74) is 1.27. The van der Waals surface area contributed by atoms with Gasteiger partial charge in [0, 0.05) is 38.4 Å². The predicted molar refractivity (Wildman–Crippen MR) is 105 cm³/mol. The molecule has 1 amide bonds. The number of hydrogen-bond donors (Lipinski definition) is 1. The quantitative estimate of drug-likeness (QED) is 0.884. The summed E-state index contributed by atoms with van der Waals surface area (Å²) in [6.07, 6.45) is 4.31. The molecule has 1 unspecified atom stereocenters. The SMILES string of the molecule is CN(c1ccccc1)C1CCN(C(=O)C2CCCNC2)CC1.Cl.Cl. The van der Waals surface area contributed by atoms with E-state index in [0.717, 1.165) is 51.9 Å². The predicted octanol–water partition coefficient (Wildman–Crippen LogP) is 2.96. The standard InChI is InChI=1S/C18H27N3O.2ClH/c1-20(16-7-3-2-4-8-16)17-9-12-21(13-10-17)18(22)15-6-5-11-19-14-15;;/h2-4,7-8,15,17,19H,5-6,9-14H2,1H3;2*1H. The Balaban J connectivity index is 0.00000144. The number of halogens is 2. The molecule has 2 aliphatic heterocycles. The highest BCUT2D eigenvalue weighted by molar-refractivity contribution is 5.85. The van der Waals surface area contributed by atoms with Crippen LogP contribution < -0.4 is 10.2 Å². The maximum absolute atomic E-state index is 12.6. The minimum absolute atomic E-state index is 0. The molecule has 0 radical (unpaired) electrons. The van der Waals surface area contributed by atoms with E-state index in [1.807, 2.05) is 0 Å².